The largest absolute Gasteiger partial charge is 0.414 e. The molecule has 4 saturated heterocycles. The minimum atomic E-state index is -1.83. The molecule has 14 nitrogen and oxygen atoms in total. The molecule has 682 valence electrons. The normalized spacial score (nSPS) is 53.3. The maximum atomic E-state index is 14.7. The second kappa shape index (κ2) is 30.7. The number of rotatable bonds is 3. The van der Waals surface area contributed by atoms with Crippen molar-refractivity contribution in [2.24, 2.45) is 149 Å². The highest BCUT2D eigenvalue weighted by Gasteiger charge is 2.74. The van der Waals surface area contributed by atoms with E-state index in [1.54, 1.807) is 27.7 Å². The molecule has 20 aliphatic rings. The molecule has 20 fully saturated rings. The number of fused-ring (bicyclic) bond motifs is 32. The fraction of sp³-hybridized carbons (Fsp3) is 0.922. The summed E-state index contributed by atoms with van der Waals surface area (Å²) >= 11 is 0. The van der Waals surface area contributed by atoms with Crippen molar-refractivity contribution in [3.8, 4) is 0 Å². The third kappa shape index (κ3) is 14.4. The molecule has 3 N–H and O–H groups in total. The van der Waals surface area contributed by atoms with Crippen molar-refractivity contribution < 1.29 is 65.0 Å². The summed E-state index contributed by atoms with van der Waals surface area (Å²) in [6.07, 6.45) is 30.3. The lowest BCUT2D eigenvalue weighted by molar-refractivity contribution is -0.182. The number of aliphatic hydroxyl groups is 1. The molecule has 0 bridgehead atoms. The van der Waals surface area contributed by atoms with Crippen LogP contribution in [0.4, 0.5) is 17.6 Å². The first kappa shape index (κ1) is 90.7. The summed E-state index contributed by atoms with van der Waals surface area (Å²) < 4.78 is 118. The Bertz CT molecular complexity index is 4020. The number of hydrogen-bond acceptors (Lipinski definition) is 12. The van der Waals surface area contributed by atoms with Crippen LogP contribution >= 0.6 is 0 Å². The Kier molecular flexibility index (Phi) is 23.0. The van der Waals surface area contributed by atoms with E-state index < -0.39 is 31.5 Å². The highest BCUT2D eigenvalue weighted by molar-refractivity contribution is 6.74. The Balaban J connectivity index is 0.000000115. The Labute approximate surface area is 727 Å². The zero-order valence-corrected chi connectivity index (χ0v) is 80.5. The number of nitrogens with two attached hydrogens (primary N) is 1. The van der Waals surface area contributed by atoms with Crippen LogP contribution in [0, 0.1) is 138 Å². The molecule has 19 heteroatoms. The molecule has 0 spiro atoms. The van der Waals surface area contributed by atoms with E-state index in [1.165, 1.54) is 25.7 Å². The van der Waals surface area contributed by atoms with Crippen molar-refractivity contribution in [2.75, 3.05) is 0 Å². The van der Waals surface area contributed by atoms with Crippen molar-refractivity contribution in [2.45, 2.75) is 453 Å². The lowest BCUT2D eigenvalue weighted by Crippen LogP contribution is -2.63. The number of halogens is 4. The maximum Gasteiger partial charge on any atom is 0.192 e. The van der Waals surface area contributed by atoms with Crippen LogP contribution in [-0.2, 0) is 42.3 Å². The van der Waals surface area contributed by atoms with Gasteiger partial charge in [0.2, 0.25) is 0 Å². The molecule has 16 unspecified atom stereocenters. The molecule has 36 atom stereocenters. The first-order valence-corrected chi connectivity index (χ1v) is 52.2. The Morgan fingerprint density at radius 1 is 0.380 bits per heavy atom. The third-order valence-electron chi connectivity index (χ3n) is 41.4. The molecular weight excluding hydrogens is 1550 g/mol. The van der Waals surface area contributed by atoms with E-state index in [2.05, 4.69) is 127 Å². The van der Waals surface area contributed by atoms with Gasteiger partial charge in [0.15, 0.2) is 31.5 Å². The zero-order valence-electron chi connectivity index (χ0n) is 79.5. The number of aliphatic hydroxyl groups excluding tert-OH is 1. The average Bonchev–Trinajstić information content (AvgIpc) is 1.62. The maximum absolute atomic E-state index is 14.7. The molecule has 20 rings (SSSR count). The first-order valence-electron chi connectivity index (χ1n) is 49.3. The summed E-state index contributed by atoms with van der Waals surface area (Å²) in [5, 5.41) is 14.8. The summed E-state index contributed by atoms with van der Waals surface area (Å²) in [4.78, 5) is 3.11. The topological polar surface area (TPSA) is 178 Å². The lowest BCUT2D eigenvalue weighted by atomic mass is 9.43. The molecule has 0 radical (unpaired) electrons. The summed E-state index contributed by atoms with van der Waals surface area (Å²) in [5.41, 5.74) is 20.5. The summed E-state index contributed by atoms with van der Waals surface area (Å²) in [5.74, 6) is 5.68. The zero-order chi connectivity index (χ0) is 87.4. The highest BCUT2D eigenvalue weighted by atomic mass is 28.4. The van der Waals surface area contributed by atoms with Gasteiger partial charge in [-0.15, -0.1) is 0 Å². The van der Waals surface area contributed by atoms with Gasteiger partial charge in [-0.1, -0.05) is 81.3 Å². The van der Waals surface area contributed by atoms with E-state index >= 15 is 0 Å². The quantitative estimate of drug-likeness (QED) is 0.0903. The van der Waals surface area contributed by atoms with Crippen molar-refractivity contribution in [3.63, 3.8) is 0 Å². The van der Waals surface area contributed by atoms with Crippen molar-refractivity contribution in [1.82, 2.24) is 0 Å². The van der Waals surface area contributed by atoms with E-state index in [0.29, 0.717) is 101 Å². The molecule has 4 aliphatic heterocycles. The fourth-order valence-corrected chi connectivity index (χ4v) is 36.5. The number of nitrogens with zero attached hydrogens (tertiary/aromatic N) is 3. The molecule has 121 heavy (non-hydrogen) atoms. The molecule has 0 amide bonds. The van der Waals surface area contributed by atoms with Gasteiger partial charge in [-0.2, -0.15) is 0 Å². The predicted octanol–water partition coefficient (Wildman–Crippen LogP) is 25.8. The van der Waals surface area contributed by atoms with Crippen LogP contribution in [0.5, 0.6) is 0 Å². The van der Waals surface area contributed by atoms with Gasteiger partial charge in [0, 0.05) is 23.1 Å². The van der Waals surface area contributed by atoms with Gasteiger partial charge in [-0.05, 0) is 447 Å². The molecule has 16 saturated carbocycles. The van der Waals surface area contributed by atoms with Gasteiger partial charge < -0.3 is 53.2 Å². The van der Waals surface area contributed by atoms with Gasteiger partial charge in [-0.25, -0.2) is 17.6 Å². The minimum absolute atomic E-state index is 0.00505. The number of hydrogen-bond donors (Lipinski definition) is 2. The smallest absolute Gasteiger partial charge is 0.192 e. The van der Waals surface area contributed by atoms with Gasteiger partial charge >= 0.3 is 0 Å². The minimum Gasteiger partial charge on any atom is -0.414 e. The van der Waals surface area contributed by atoms with Crippen molar-refractivity contribution >= 4 is 8.32 Å². The van der Waals surface area contributed by atoms with Crippen LogP contribution < -0.4 is 5.73 Å². The predicted molar refractivity (Wildman–Crippen MR) is 469 cm³/mol. The fourth-order valence-electron chi connectivity index (χ4n) is 35.1. The molecule has 0 aromatic rings. The van der Waals surface area contributed by atoms with E-state index in [1.807, 2.05) is 27.7 Å². The molecular formula is C102H162F4N4O10Si. The van der Waals surface area contributed by atoms with Crippen LogP contribution in [0.25, 0.3) is 10.4 Å². The summed E-state index contributed by atoms with van der Waals surface area (Å²) in [7, 11) is -1.83. The van der Waals surface area contributed by atoms with Crippen LogP contribution in [0.15, 0.2) is 50.7 Å². The highest BCUT2D eigenvalue weighted by Crippen LogP contribution is 2.76. The van der Waals surface area contributed by atoms with Crippen molar-refractivity contribution in [1.29, 1.82) is 0 Å². The Hall–Kier alpha value is -2.23. The second-order valence-corrected chi connectivity index (χ2v) is 54.5. The van der Waals surface area contributed by atoms with E-state index in [4.69, 9.17) is 53.6 Å². The van der Waals surface area contributed by atoms with E-state index in [0.717, 1.165) is 176 Å². The van der Waals surface area contributed by atoms with Gasteiger partial charge in [0.1, 0.15) is 0 Å². The van der Waals surface area contributed by atoms with E-state index in [-0.39, 0.29) is 139 Å². The summed E-state index contributed by atoms with van der Waals surface area (Å²) in [6.45, 7) is 54.2. The Morgan fingerprint density at radius 3 is 0.975 bits per heavy atom. The summed E-state index contributed by atoms with van der Waals surface area (Å²) in [6, 6.07) is 0.341. The molecule has 0 aromatic heterocycles. The average molecular weight is 1710 g/mol. The van der Waals surface area contributed by atoms with Crippen LogP contribution in [0.2, 0.25) is 18.1 Å². The van der Waals surface area contributed by atoms with Gasteiger partial charge in [0.25, 0.3) is 0 Å². The van der Waals surface area contributed by atoms with Crippen LogP contribution in [0.3, 0.4) is 0 Å². The number of ether oxygens (including phenoxy) is 8. The molecule has 4 heterocycles. The monoisotopic (exact) mass is 1710 g/mol. The standard InChI is InChI=1S/C30H51FO3Si.C24H36FN3O2.C24H38FNO2.C24H37FO3/c1-18(31)20-11-12-21-24-22(14-16-29(20,21)7)30(8)15-13-19(34-35(9,10)27(2,3)4)17-23(30)25-26(24)33-28(5,6)32-25;1-13(25)15-6-7-16-19-17(9-11-23(15,16)4)24(5)10-8-14(27-28-26)12-18(24)20-21(19)30-22(2,3)29-20;2*1-13(25)15-6-7-16-19-17(9-11-23(15,16)4)24(5)10-8-14(26)12-18(24)20-21(19)28-22(2,3)27-20/h19,21-26H,11-17H2,1-10H3;14,16-21H,6-12H2,1-5H3;14,16-21H,6-12,26H2,1-5H3;14,16-21,26H,6-12H2,1-5H3/b20-18+;3*15-13+/t19-,21?,22?,23?,24?,25+,26+,29+,30+;2*14-,16?,17?,18?,19?,20-,21-,23-,24-;14-,16?,17?,18?,19?,20+,21+,23+,24+/m0110/s1. The lowest BCUT2D eigenvalue weighted by Gasteiger charge is -2.63. The SMILES string of the molecule is C/C(F)=C1/CCC2C3C(CC[C@]12C)[C@@]1(C)CC[C@@H](N)CC1[C@H]1OC(C)(C)O[C@H]31.C/C(F)=C1/CCC2C3C(CC[C@]12C)[C@@]1(C)CC[C@@H](N=[N+]=[N-])CC1[C@H]1OC(C)(C)O[C@H]31.C/C(F)=C1/CCC2C3C(CC[C@]12C)[C@@]1(C)CC[C@H](O)CC1[C@H]1OC(C)(C)O[C@H]31.C/C(F)=C1/CCC2C3C(CC[C@]12C)[C@@]1(C)CC[C@H](O[Si](C)(C)C(C)(C)C)CC1[C@H]1OC(C)(C)O[C@H]31. The molecule has 0 aromatic carbocycles. The number of azide groups is 1. The van der Waals surface area contributed by atoms with Gasteiger partial charge in [-0.3, -0.25) is 0 Å². The third-order valence-corrected chi connectivity index (χ3v) is 45.9. The van der Waals surface area contributed by atoms with Crippen LogP contribution in [-0.4, -0.2) is 110 Å². The van der Waals surface area contributed by atoms with E-state index in [9.17, 15) is 22.7 Å². The second-order valence-electron chi connectivity index (χ2n) is 49.8. The Morgan fingerprint density at radius 2 is 0.661 bits per heavy atom. The first-order chi connectivity index (χ1) is 56.2. The van der Waals surface area contributed by atoms with Gasteiger partial charge in [0.05, 0.1) is 78.2 Å². The molecule has 16 aliphatic carbocycles. The van der Waals surface area contributed by atoms with Crippen molar-refractivity contribution in [3.05, 3.63) is 56.0 Å². The van der Waals surface area contributed by atoms with Crippen LogP contribution in [0.1, 0.15) is 339 Å². The number of allylic oxidation sites excluding steroid dienone is 8.